The number of primary amides is 1. The van der Waals surface area contributed by atoms with E-state index in [0.717, 1.165) is 50.0 Å². The molecule has 1 aromatic heterocycles. The lowest BCUT2D eigenvalue weighted by Gasteiger charge is -2.24. The summed E-state index contributed by atoms with van der Waals surface area (Å²) < 4.78 is 40.5. The van der Waals surface area contributed by atoms with Crippen LogP contribution in [0.3, 0.4) is 0 Å². The Hall–Kier alpha value is -3.74. The third-order valence-corrected chi connectivity index (χ3v) is 10.4. The van der Waals surface area contributed by atoms with Crippen molar-refractivity contribution in [3.05, 3.63) is 76.0 Å². The monoisotopic (exact) mass is 623 g/mol. The first kappa shape index (κ1) is 31.7. The van der Waals surface area contributed by atoms with Gasteiger partial charge in [0.1, 0.15) is 11.5 Å². The van der Waals surface area contributed by atoms with Crippen molar-refractivity contribution in [3.8, 4) is 5.75 Å². The molecule has 236 valence electrons. The lowest BCUT2D eigenvalue weighted by Crippen LogP contribution is -2.35. The van der Waals surface area contributed by atoms with E-state index < -0.39 is 15.9 Å². The average molecular weight is 624 g/mol. The predicted molar refractivity (Wildman–Crippen MR) is 165 cm³/mol. The number of aromatic nitrogens is 1. The number of nitrogens with zero attached hydrogens (tertiary/aromatic N) is 3. The molecule has 2 heterocycles. The Morgan fingerprint density at radius 2 is 1.77 bits per heavy atom. The van der Waals surface area contributed by atoms with Gasteiger partial charge in [-0.15, -0.1) is 0 Å². The van der Waals surface area contributed by atoms with Crippen molar-refractivity contribution in [2.75, 3.05) is 26.7 Å². The van der Waals surface area contributed by atoms with Crippen LogP contribution in [0.15, 0.2) is 45.7 Å². The van der Waals surface area contributed by atoms with Crippen molar-refractivity contribution in [1.82, 2.24) is 19.5 Å². The highest BCUT2D eigenvalue weighted by Gasteiger charge is 2.39. The lowest BCUT2D eigenvalue weighted by molar-refractivity contribution is -0.119. The molecule has 3 N–H and O–H groups in total. The minimum Gasteiger partial charge on any atom is -0.497 e. The van der Waals surface area contributed by atoms with Gasteiger partial charge in [0.05, 0.1) is 12.0 Å². The first-order valence-electron chi connectivity index (χ1n) is 15.0. The van der Waals surface area contributed by atoms with E-state index >= 15 is 0 Å². The first-order chi connectivity index (χ1) is 20.9. The standard InChI is InChI=1S/C32H41N5O6S/c1-20-15-27(42-4)16-21(2)31(20)44(40,41)37(26-9-10-26)14-12-29-35-30(32(33)39)28(43-29)17-23-5-7-24(8-6-23)18-36-13-11-25(19-36)34-22(3)38/h5-8,15-16,25-26H,9-14,17-19H2,1-4H3,(H2,33,39)(H,34,38). The molecule has 1 saturated heterocycles. The number of rotatable bonds is 13. The van der Waals surface area contributed by atoms with Crippen LogP contribution in [0, 0.1) is 13.8 Å². The highest BCUT2D eigenvalue weighted by Crippen LogP contribution is 2.35. The van der Waals surface area contributed by atoms with E-state index in [-0.39, 0.29) is 47.4 Å². The van der Waals surface area contributed by atoms with Crippen molar-refractivity contribution < 1.29 is 27.2 Å². The van der Waals surface area contributed by atoms with E-state index in [9.17, 15) is 18.0 Å². The molecule has 1 aliphatic heterocycles. The molecule has 1 unspecified atom stereocenters. The number of ether oxygens (including phenoxy) is 1. The summed E-state index contributed by atoms with van der Waals surface area (Å²) in [5, 5.41) is 2.99. The minimum absolute atomic E-state index is 0.00360. The largest absolute Gasteiger partial charge is 0.497 e. The number of hydrogen-bond donors (Lipinski definition) is 2. The number of methoxy groups -OCH3 is 1. The second kappa shape index (κ2) is 13.1. The molecule has 2 aromatic carbocycles. The number of benzene rings is 2. The third kappa shape index (κ3) is 7.31. The molecule has 44 heavy (non-hydrogen) atoms. The van der Waals surface area contributed by atoms with Crippen LogP contribution in [0.5, 0.6) is 5.75 Å². The van der Waals surface area contributed by atoms with Gasteiger partial charge in [0, 0.05) is 58.0 Å². The van der Waals surface area contributed by atoms with E-state index in [2.05, 4.69) is 15.2 Å². The zero-order valence-electron chi connectivity index (χ0n) is 25.8. The first-order valence-corrected chi connectivity index (χ1v) is 16.4. The fourth-order valence-corrected chi connectivity index (χ4v) is 8.13. The van der Waals surface area contributed by atoms with Crippen molar-refractivity contribution in [2.45, 2.75) is 76.4 Å². The quantitative estimate of drug-likeness (QED) is 0.295. The number of hydrogen-bond acceptors (Lipinski definition) is 8. The Kier molecular flexibility index (Phi) is 9.42. The number of likely N-dealkylation sites (tertiary alicyclic amines) is 1. The molecule has 1 atom stereocenters. The van der Waals surface area contributed by atoms with Crippen molar-refractivity contribution in [3.63, 3.8) is 0 Å². The van der Waals surface area contributed by atoms with Crippen LogP contribution in [0.1, 0.15) is 70.6 Å². The third-order valence-electron chi connectivity index (χ3n) is 8.19. The summed E-state index contributed by atoms with van der Waals surface area (Å²) in [4.78, 5) is 30.6. The molecule has 2 amide bonds. The van der Waals surface area contributed by atoms with Gasteiger partial charge < -0.3 is 20.2 Å². The summed E-state index contributed by atoms with van der Waals surface area (Å²) in [5.74, 6) is 0.556. The molecule has 3 aromatic rings. The number of carbonyl (C=O) groups is 2. The summed E-state index contributed by atoms with van der Waals surface area (Å²) in [7, 11) is -2.23. The van der Waals surface area contributed by atoms with Gasteiger partial charge in [0.25, 0.3) is 5.91 Å². The Labute approximate surface area is 258 Å². The van der Waals surface area contributed by atoms with Gasteiger partial charge in [-0.05, 0) is 67.5 Å². The highest BCUT2D eigenvalue weighted by molar-refractivity contribution is 7.89. The maximum absolute atomic E-state index is 13.8. The zero-order valence-corrected chi connectivity index (χ0v) is 26.6. The minimum atomic E-state index is -3.79. The Bertz CT molecular complexity index is 1610. The molecule has 2 aliphatic rings. The van der Waals surface area contributed by atoms with Gasteiger partial charge in [-0.25, -0.2) is 13.4 Å². The van der Waals surface area contributed by atoms with E-state index in [1.54, 1.807) is 40.0 Å². The average Bonchev–Trinajstić information content (AvgIpc) is 3.56. The van der Waals surface area contributed by atoms with E-state index in [4.69, 9.17) is 14.9 Å². The number of sulfonamides is 1. The lowest BCUT2D eigenvalue weighted by atomic mass is 10.1. The SMILES string of the molecule is COc1cc(C)c(S(=O)(=O)N(CCc2nc(C(N)=O)c(Cc3ccc(CN4CCC(NC(C)=O)C4)cc3)o2)C2CC2)c(C)c1. The molecular weight excluding hydrogens is 582 g/mol. The van der Waals surface area contributed by atoms with Gasteiger partial charge in [0.2, 0.25) is 15.9 Å². The summed E-state index contributed by atoms with van der Waals surface area (Å²) in [6.07, 6.45) is 3.06. The van der Waals surface area contributed by atoms with Crippen molar-refractivity contribution in [2.24, 2.45) is 5.73 Å². The molecule has 5 rings (SSSR count). The Morgan fingerprint density at radius 3 is 2.36 bits per heavy atom. The number of carbonyl (C=O) groups excluding carboxylic acids is 2. The fraction of sp³-hybridized carbons (Fsp3) is 0.469. The van der Waals surface area contributed by atoms with Crippen LogP contribution in [0.2, 0.25) is 0 Å². The second-order valence-electron chi connectivity index (χ2n) is 11.8. The summed E-state index contributed by atoms with van der Waals surface area (Å²) >= 11 is 0. The van der Waals surface area contributed by atoms with Gasteiger partial charge in [-0.3, -0.25) is 14.5 Å². The van der Waals surface area contributed by atoms with Crippen molar-refractivity contribution in [1.29, 1.82) is 0 Å². The molecule has 2 fully saturated rings. The molecule has 0 spiro atoms. The molecule has 12 heteroatoms. The van der Waals surface area contributed by atoms with Crippen LogP contribution in [0.4, 0.5) is 0 Å². The van der Waals surface area contributed by atoms with E-state index in [1.807, 2.05) is 24.3 Å². The number of oxazole rings is 1. The smallest absolute Gasteiger partial charge is 0.270 e. The molecule has 0 bridgehead atoms. The van der Waals surface area contributed by atoms with Crippen LogP contribution < -0.4 is 15.8 Å². The Balaban J connectivity index is 1.26. The summed E-state index contributed by atoms with van der Waals surface area (Å²) in [6.45, 7) is 7.79. The Morgan fingerprint density at radius 1 is 1.11 bits per heavy atom. The summed E-state index contributed by atoms with van der Waals surface area (Å²) in [6, 6.07) is 11.6. The molecule has 11 nitrogen and oxygen atoms in total. The van der Waals surface area contributed by atoms with Gasteiger partial charge >= 0.3 is 0 Å². The highest BCUT2D eigenvalue weighted by atomic mass is 32.2. The topological polar surface area (TPSA) is 148 Å². The van der Waals surface area contributed by atoms with Crippen LogP contribution in [0.25, 0.3) is 0 Å². The van der Waals surface area contributed by atoms with E-state index in [0.29, 0.717) is 29.1 Å². The predicted octanol–water partition coefficient (Wildman–Crippen LogP) is 3.10. The number of amides is 2. The maximum atomic E-state index is 13.8. The van der Waals surface area contributed by atoms with Crippen molar-refractivity contribution >= 4 is 21.8 Å². The maximum Gasteiger partial charge on any atom is 0.270 e. The van der Waals surface area contributed by atoms with Crippen LogP contribution >= 0.6 is 0 Å². The molecule has 0 radical (unpaired) electrons. The summed E-state index contributed by atoms with van der Waals surface area (Å²) in [5.41, 5.74) is 9.04. The number of aryl methyl sites for hydroxylation is 2. The van der Waals surface area contributed by atoms with Gasteiger partial charge in [0.15, 0.2) is 11.6 Å². The second-order valence-corrected chi connectivity index (χ2v) is 13.7. The van der Waals surface area contributed by atoms with Crippen LogP contribution in [-0.4, -0.2) is 73.2 Å². The number of nitrogens with two attached hydrogens (primary N) is 1. The molecule has 1 aliphatic carbocycles. The zero-order chi connectivity index (χ0) is 31.6. The normalized spacial score (nSPS) is 17.2. The van der Waals surface area contributed by atoms with E-state index in [1.165, 1.54) is 4.31 Å². The molecular formula is C32H41N5O6S. The number of nitrogens with one attached hydrogen (secondary N) is 1. The van der Waals surface area contributed by atoms with Crippen LogP contribution in [-0.2, 0) is 34.2 Å². The van der Waals surface area contributed by atoms with Gasteiger partial charge in [-0.2, -0.15) is 4.31 Å². The fourth-order valence-electron chi connectivity index (χ4n) is 6.03. The van der Waals surface area contributed by atoms with Gasteiger partial charge in [-0.1, -0.05) is 24.3 Å². The molecule has 1 saturated carbocycles.